The van der Waals surface area contributed by atoms with Gasteiger partial charge in [0, 0.05) is 17.7 Å². The SMILES string of the molecule is CS(=O)(=O)c1cccc(C(O)Cc2ccccc2Cl)c1. The minimum Gasteiger partial charge on any atom is -0.388 e. The lowest BCUT2D eigenvalue weighted by atomic mass is 10.0. The molecular formula is C15H15ClO3S. The van der Waals surface area contributed by atoms with Gasteiger partial charge in [-0.15, -0.1) is 0 Å². The molecule has 0 spiro atoms. The number of benzene rings is 2. The van der Waals surface area contributed by atoms with Crippen molar-refractivity contribution in [1.82, 2.24) is 0 Å². The van der Waals surface area contributed by atoms with E-state index in [4.69, 9.17) is 11.6 Å². The highest BCUT2D eigenvalue weighted by molar-refractivity contribution is 7.90. The summed E-state index contributed by atoms with van der Waals surface area (Å²) >= 11 is 6.05. The lowest BCUT2D eigenvalue weighted by molar-refractivity contribution is 0.178. The molecule has 3 nitrogen and oxygen atoms in total. The Morgan fingerprint density at radius 1 is 1.15 bits per heavy atom. The van der Waals surface area contributed by atoms with Crippen LogP contribution in [0.1, 0.15) is 17.2 Å². The van der Waals surface area contributed by atoms with Crippen molar-refractivity contribution in [3.63, 3.8) is 0 Å². The molecule has 0 heterocycles. The molecule has 0 aliphatic rings. The summed E-state index contributed by atoms with van der Waals surface area (Å²) in [5.74, 6) is 0. The lowest BCUT2D eigenvalue weighted by Crippen LogP contribution is -2.04. The maximum absolute atomic E-state index is 11.5. The summed E-state index contributed by atoms with van der Waals surface area (Å²) < 4.78 is 23.0. The maximum atomic E-state index is 11.5. The fourth-order valence-corrected chi connectivity index (χ4v) is 2.83. The molecule has 2 rings (SSSR count). The molecule has 0 saturated carbocycles. The number of rotatable bonds is 4. The summed E-state index contributed by atoms with van der Waals surface area (Å²) in [7, 11) is -3.28. The quantitative estimate of drug-likeness (QED) is 0.944. The van der Waals surface area contributed by atoms with Crippen LogP contribution in [0.5, 0.6) is 0 Å². The van der Waals surface area contributed by atoms with E-state index in [1.807, 2.05) is 18.2 Å². The Morgan fingerprint density at radius 2 is 1.85 bits per heavy atom. The molecule has 0 bridgehead atoms. The van der Waals surface area contributed by atoms with Crippen molar-refractivity contribution in [2.45, 2.75) is 17.4 Å². The number of sulfone groups is 1. The molecule has 1 N–H and O–H groups in total. The predicted octanol–water partition coefficient (Wildman–Crippen LogP) is 3.02. The maximum Gasteiger partial charge on any atom is 0.175 e. The van der Waals surface area contributed by atoms with E-state index in [9.17, 15) is 13.5 Å². The van der Waals surface area contributed by atoms with Crippen LogP contribution >= 0.6 is 11.6 Å². The summed E-state index contributed by atoms with van der Waals surface area (Å²) in [6.07, 6.45) is 0.691. The van der Waals surface area contributed by atoms with Crippen LogP contribution in [0.25, 0.3) is 0 Å². The topological polar surface area (TPSA) is 54.4 Å². The Labute approximate surface area is 123 Å². The molecule has 0 aliphatic carbocycles. The molecule has 20 heavy (non-hydrogen) atoms. The highest BCUT2D eigenvalue weighted by Gasteiger charge is 2.14. The van der Waals surface area contributed by atoms with Crippen molar-refractivity contribution in [3.8, 4) is 0 Å². The molecule has 1 unspecified atom stereocenters. The fraction of sp³-hybridized carbons (Fsp3) is 0.200. The van der Waals surface area contributed by atoms with Gasteiger partial charge in [0.2, 0.25) is 0 Å². The first-order chi connectivity index (χ1) is 9.38. The minimum absolute atomic E-state index is 0.202. The van der Waals surface area contributed by atoms with Gasteiger partial charge in [0.15, 0.2) is 9.84 Å². The molecule has 0 fully saturated rings. The lowest BCUT2D eigenvalue weighted by Gasteiger charge is -2.13. The van der Waals surface area contributed by atoms with Crippen LogP contribution in [0.4, 0.5) is 0 Å². The number of halogens is 1. The van der Waals surface area contributed by atoms with Gasteiger partial charge in [-0.05, 0) is 29.3 Å². The molecule has 0 amide bonds. The van der Waals surface area contributed by atoms with Gasteiger partial charge >= 0.3 is 0 Å². The number of hydrogen-bond acceptors (Lipinski definition) is 3. The van der Waals surface area contributed by atoms with E-state index in [1.54, 1.807) is 18.2 Å². The largest absolute Gasteiger partial charge is 0.388 e. The first kappa shape index (κ1) is 15.0. The van der Waals surface area contributed by atoms with E-state index in [1.165, 1.54) is 12.1 Å². The van der Waals surface area contributed by atoms with Crippen molar-refractivity contribution < 1.29 is 13.5 Å². The number of aliphatic hydroxyl groups is 1. The third-order valence-corrected chi connectivity index (χ3v) is 4.52. The first-order valence-corrected chi connectivity index (χ1v) is 8.36. The van der Waals surface area contributed by atoms with Crippen LogP contribution in [0.3, 0.4) is 0 Å². The number of hydrogen-bond donors (Lipinski definition) is 1. The van der Waals surface area contributed by atoms with Gasteiger partial charge < -0.3 is 5.11 Å². The standard InChI is InChI=1S/C15H15ClO3S/c1-20(18,19)13-7-4-6-12(9-13)15(17)10-11-5-2-3-8-14(11)16/h2-9,15,17H,10H2,1H3. The summed E-state index contributed by atoms with van der Waals surface area (Å²) in [5.41, 5.74) is 1.39. The summed E-state index contributed by atoms with van der Waals surface area (Å²) in [4.78, 5) is 0.202. The van der Waals surface area contributed by atoms with Crippen LogP contribution in [0.15, 0.2) is 53.4 Å². The van der Waals surface area contributed by atoms with Crippen molar-refractivity contribution >= 4 is 21.4 Å². The Kier molecular flexibility index (Phi) is 4.48. The highest BCUT2D eigenvalue weighted by atomic mass is 35.5. The van der Waals surface area contributed by atoms with Crippen LogP contribution in [0.2, 0.25) is 5.02 Å². The van der Waals surface area contributed by atoms with Gasteiger partial charge in [0.1, 0.15) is 0 Å². The normalized spacial score (nSPS) is 13.2. The van der Waals surface area contributed by atoms with Gasteiger partial charge in [-0.2, -0.15) is 0 Å². The van der Waals surface area contributed by atoms with E-state index in [-0.39, 0.29) is 4.90 Å². The molecule has 2 aromatic rings. The van der Waals surface area contributed by atoms with E-state index >= 15 is 0 Å². The third-order valence-electron chi connectivity index (χ3n) is 3.04. The van der Waals surface area contributed by atoms with Gasteiger partial charge in [0.05, 0.1) is 11.0 Å². The van der Waals surface area contributed by atoms with E-state index < -0.39 is 15.9 Å². The van der Waals surface area contributed by atoms with Crippen molar-refractivity contribution in [1.29, 1.82) is 0 Å². The zero-order chi connectivity index (χ0) is 14.8. The van der Waals surface area contributed by atoms with E-state index in [0.717, 1.165) is 11.8 Å². The fourth-order valence-electron chi connectivity index (χ4n) is 1.94. The second-order valence-corrected chi connectivity index (χ2v) is 7.08. The molecule has 0 aromatic heterocycles. The van der Waals surface area contributed by atoms with Gasteiger partial charge in [-0.3, -0.25) is 0 Å². The molecular weight excluding hydrogens is 296 g/mol. The minimum atomic E-state index is -3.28. The van der Waals surface area contributed by atoms with Crippen LogP contribution in [-0.4, -0.2) is 19.8 Å². The average Bonchev–Trinajstić information content (AvgIpc) is 2.40. The zero-order valence-electron chi connectivity index (χ0n) is 11.0. The summed E-state index contributed by atoms with van der Waals surface area (Å²) in [6.45, 7) is 0. The van der Waals surface area contributed by atoms with Gasteiger partial charge in [-0.25, -0.2) is 8.42 Å². The molecule has 0 radical (unpaired) electrons. The highest BCUT2D eigenvalue weighted by Crippen LogP contribution is 2.24. The molecule has 106 valence electrons. The Morgan fingerprint density at radius 3 is 2.50 bits per heavy atom. The zero-order valence-corrected chi connectivity index (χ0v) is 12.5. The Balaban J connectivity index is 2.26. The summed E-state index contributed by atoms with van der Waals surface area (Å²) in [5, 5.41) is 10.8. The molecule has 0 saturated heterocycles. The Bertz CT molecular complexity index is 711. The third kappa shape index (κ3) is 3.60. The van der Waals surface area contributed by atoms with Crippen molar-refractivity contribution in [2.75, 3.05) is 6.26 Å². The molecule has 2 aromatic carbocycles. The Hall–Kier alpha value is -1.36. The predicted molar refractivity (Wildman–Crippen MR) is 79.7 cm³/mol. The monoisotopic (exact) mass is 310 g/mol. The van der Waals surface area contributed by atoms with Crippen molar-refractivity contribution in [2.24, 2.45) is 0 Å². The molecule has 5 heteroatoms. The average molecular weight is 311 g/mol. The second-order valence-electron chi connectivity index (χ2n) is 4.66. The smallest absolute Gasteiger partial charge is 0.175 e. The van der Waals surface area contributed by atoms with Crippen LogP contribution in [-0.2, 0) is 16.3 Å². The van der Waals surface area contributed by atoms with Gasteiger partial charge in [-0.1, -0.05) is 41.9 Å². The van der Waals surface area contributed by atoms with E-state index in [2.05, 4.69) is 0 Å². The second kappa shape index (κ2) is 5.95. The van der Waals surface area contributed by atoms with Crippen LogP contribution in [0, 0.1) is 0 Å². The molecule has 1 atom stereocenters. The van der Waals surface area contributed by atoms with E-state index in [0.29, 0.717) is 17.0 Å². The van der Waals surface area contributed by atoms with Crippen molar-refractivity contribution in [3.05, 3.63) is 64.7 Å². The molecule has 0 aliphatic heterocycles. The number of aliphatic hydroxyl groups excluding tert-OH is 1. The van der Waals surface area contributed by atoms with Gasteiger partial charge in [0.25, 0.3) is 0 Å². The summed E-state index contributed by atoms with van der Waals surface area (Å²) in [6, 6.07) is 13.6. The van der Waals surface area contributed by atoms with Crippen LogP contribution < -0.4 is 0 Å². The first-order valence-electron chi connectivity index (χ1n) is 6.09.